The van der Waals surface area contributed by atoms with E-state index in [1.54, 1.807) is 0 Å². The topological polar surface area (TPSA) is 72.8 Å². The lowest BCUT2D eigenvalue weighted by Gasteiger charge is -2.15. The average molecular weight is 653 g/mol. The van der Waals surface area contributed by atoms with Crippen LogP contribution >= 0.6 is 0 Å². The van der Waals surface area contributed by atoms with Crippen molar-refractivity contribution in [2.75, 3.05) is 13.2 Å². The van der Waals surface area contributed by atoms with Crippen LogP contribution in [-0.4, -0.2) is 36.4 Å². The van der Waals surface area contributed by atoms with Crippen LogP contribution in [0.5, 0.6) is 0 Å². The quantitative estimate of drug-likeness (QED) is 0.0531. The van der Waals surface area contributed by atoms with Gasteiger partial charge in [-0.2, -0.15) is 0 Å². The minimum atomic E-state index is -0.761. The Kier molecular flexibility index (Phi) is 37.4. The van der Waals surface area contributed by atoms with E-state index in [-0.39, 0.29) is 25.2 Å². The normalized spacial score (nSPS) is 12.0. The van der Waals surface area contributed by atoms with E-state index < -0.39 is 6.10 Å². The summed E-state index contributed by atoms with van der Waals surface area (Å²) in [5, 5.41) is 9.56. The summed E-state index contributed by atoms with van der Waals surface area (Å²) >= 11 is 0. The van der Waals surface area contributed by atoms with Crippen molar-refractivity contribution in [3.05, 3.63) is 0 Å². The first kappa shape index (κ1) is 44.9. The summed E-state index contributed by atoms with van der Waals surface area (Å²) in [4.78, 5) is 24.3. The van der Waals surface area contributed by atoms with Crippen LogP contribution in [0.4, 0.5) is 0 Å². The summed E-state index contributed by atoms with van der Waals surface area (Å²) in [7, 11) is 0. The molecule has 274 valence electrons. The van der Waals surface area contributed by atoms with Crippen LogP contribution in [0, 0.1) is 0 Å². The number of carbonyl (C=O) groups excluding carboxylic acids is 2. The number of rotatable bonds is 38. The molecule has 1 N–H and O–H groups in total. The van der Waals surface area contributed by atoms with Crippen molar-refractivity contribution in [2.45, 2.75) is 238 Å². The molecule has 0 radical (unpaired) electrons. The Morgan fingerprint density at radius 1 is 0.413 bits per heavy atom. The van der Waals surface area contributed by atoms with Gasteiger partial charge in [-0.1, -0.05) is 206 Å². The maximum absolute atomic E-state index is 12.2. The molecule has 0 spiro atoms. The first-order chi connectivity index (χ1) is 22.6. The van der Waals surface area contributed by atoms with Crippen LogP contribution in [0.1, 0.15) is 232 Å². The predicted octanol–water partition coefficient (Wildman–Crippen LogP) is 12.7. The zero-order valence-electron chi connectivity index (χ0n) is 31.1. The van der Waals surface area contributed by atoms with Gasteiger partial charge in [0.2, 0.25) is 0 Å². The van der Waals surface area contributed by atoms with Crippen molar-refractivity contribution in [3.63, 3.8) is 0 Å². The minimum Gasteiger partial charge on any atom is -0.462 e. The first-order valence-corrected chi connectivity index (χ1v) is 20.6. The molecular formula is C41H80O5. The predicted molar refractivity (Wildman–Crippen MR) is 196 cm³/mol. The van der Waals surface area contributed by atoms with Gasteiger partial charge in [-0.25, -0.2) is 0 Å². The standard InChI is InChI=1S/C41H80O5/c1-3-5-7-9-11-13-15-17-19-20-21-22-24-26-28-30-32-34-36-41(44)46-39(37-42)38-45-40(43)35-33-31-29-27-25-23-18-16-14-12-10-8-6-4-2/h39,42H,3-38H2,1-2H3/t39-/m0/s1. The molecule has 0 aliphatic heterocycles. The zero-order chi connectivity index (χ0) is 33.6. The summed E-state index contributed by atoms with van der Waals surface area (Å²) in [6.07, 6.45) is 41.6. The Bertz CT molecular complexity index is 622. The van der Waals surface area contributed by atoms with Crippen molar-refractivity contribution >= 4 is 11.9 Å². The molecule has 0 aliphatic rings. The first-order valence-electron chi connectivity index (χ1n) is 20.6. The van der Waals surface area contributed by atoms with Crippen molar-refractivity contribution in [2.24, 2.45) is 0 Å². The number of hydrogen-bond acceptors (Lipinski definition) is 5. The molecule has 0 unspecified atom stereocenters. The molecule has 5 heteroatoms. The smallest absolute Gasteiger partial charge is 0.306 e. The Morgan fingerprint density at radius 2 is 0.674 bits per heavy atom. The van der Waals surface area contributed by atoms with Crippen LogP contribution in [0.3, 0.4) is 0 Å². The van der Waals surface area contributed by atoms with Gasteiger partial charge < -0.3 is 14.6 Å². The maximum atomic E-state index is 12.2. The molecule has 0 rings (SSSR count). The van der Waals surface area contributed by atoms with E-state index in [1.807, 2.05) is 0 Å². The lowest BCUT2D eigenvalue weighted by molar-refractivity contribution is -0.161. The second-order valence-corrected chi connectivity index (χ2v) is 14.1. The number of unbranched alkanes of at least 4 members (excludes halogenated alkanes) is 30. The Morgan fingerprint density at radius 3 is 0.957 bits per heavy atom. The van der Waals surface area contributed by atoms with Crippen LogP contribution in [-0.2, 0) is 19.1 Å². The molecule has 0 aromatic rings. The van der Waals surface area contributed by atoms with Gasteiger partial charge in [0.25, 0.3) is 0 Å². The summed E-state index contributed by atoms with van der Waals surface area (Å²) < 4.78 is 10.6. The second-order valence-electron chi connectivity index (χ2n) is 14.1. The largest absolute Gasteiger partial charge is 0.462 e. The number of aliphatic hydroxyl groups excluding tert-OH is 1. The molecule has 0 amide bonds. The van der Waals surface area contributed by atoms with Crippen LogP contribution in [0.25, 0.3) is 0 Å². The molecule has 0 saturated heterocycles. The van der Waals surface area contributed by atoms with Crippen LogP contribution < -0.4 is 0 Å². The lowest BCUT2D eigenvalue weighted by atomic mass is 10.0. The highest BCUT2D eigenvalue weighted by molar-refractivity contribution is 5.70. The fourth-order valence-corrected chi connectivity index (χ4v) is 6.26. The number of esters is 2. The van der Waals surface area contributed by atoms with Gasteiger partial charge in [0.15, 0.2) is 6.10 Å². The summed E-state index contributed by atoms with van der Waals surface area (Å²) in [6, 6.07) is 0. The van der Waals surface area contributed by atoms with E-state index in [9.17, 15) is 14.7 Å². The highest BCUT2D eigenvalue weighted by atomic mass is 16.6. The van der Waals surface area contributed by atoms with E-state index in [2.05, 4.69) is 13.8 Å². The molecular weight excluding hydrogens is 572 g/mol. The molecule has 1 atom stereocenters. The Hall–Kier alpha value is -1.10. The van der Waals surface area contributed by atoms with E-state index in [0.717, 1.165) is 32.1 Å². The number of aliphatic hydroxyl groups is 1. The maximum Gasteiger partial charge on any atom is 0.306 e. The van der Waals surface area contributed by atoms with E-state index in [4.69, 9.17) is 9.47 Å². The fraction of sp³-hybridized carbons (Fsp3) is 0.951. The third-order valence-electron chi connectivity index (χ3n) is 9.40. The van der Waals surface area contributed by atoms with Gasteiger partial charge in [0.1, 0.15) is 6.61 Å². The molecule has 0 aromatic carbocycles. The minimum absolute atomic E-state index is 0.0567. The molecule has 0 aromatic heterocycles. The second kappa shape index (κ2) is 38.3. The van der Waals surface area contributed by atoms with Gasteiger partial charge in [0, 0.05) is 12.8 Å². The van der Waals surface area contributed by atoms with Crippen molar-refractivity contribution in [1.82, 2.24) is 0 Å². The van der Waals surface area contributed by atoms with Crippen LogP contribution in [0.15, 0.2) is 0 Å². The van der Waals surface area contributed by atoms with E-state index >= 15 is 0 Å². The van der Waals surface area contributed by atoms with Crippen LogP contribution in [0.2, 0.25) is 0 Å². The zero-order valence-corrected chi connectivity index (χ0v) is 31.1. The highest BCUT2D eigenvalue weighted by Crippen LogP contribution is 2.16. The SMILES string of the molecule is CCCCCCCCCCCCCCCCCCCCC(=O)O[C@@H](CO)COC(=O)CCCCCCCCCCCCCCCC. The van der Waals surface area contributed by atoms with Crippen molar-refractivity contribution < 1.29 is 24.2 Å². The van der Waals surface area contributed by atoms with Gasteiger partial charge in [-0.05, 0) is 12.8 Å². The Labute approximate surface area is 287 Å². The van der Waals surface area contributed by atoms with Gasteiger partial charge >= 0.3 is 11.9 Å². The molecule has 5 nitrogen and oxygen atoms in total. The number of ether oxygens (including phenoxy) is 2. The number of hydrogen-bond donors (Lipinski definition) is 1. The fourth-order valence-electron chi connectivity index (χ4n) is 6.26. The Balaban J connectivity index is 3.47. The van der Waals surface area contributed by atoms with Gasteiger partial charge in [-0.15, -0.1) is 0 Å². The summed E-state index contributed by atoms with van der Waals surface area (Å²) in [5.41, 5.74) is 0. The van der Waals surface area contributed by atoms with Gasteiger partial charge in [0.05, 0.1) is 6.61 Å². The van der Waals surface area contributed by atoms with Crippen molar-refractivity contribution in [3.8, 4) is 0 Å². The average Bonchev–Trinajstić information content (AvgIpc) is 3.06. The molecule has 0 bridgehead atoms. The van der Waals surface area contributed by atoms with Gasteiger partial charge in [-0.3, -0.25) is 9.59 Å². The molecule has 46 heavy (non-hydrogen) atoms. The summed E-state index contributed by atoms with van der Waals surface area (Å²) in [5.74, 6) is -0.574. The summed E-state index contributed by atoms with van der Waals surface area (Å²) in [6.45, 7) is 4.17. The van der Waals surface area contributed by atoms with E-state index in [0.29, 0.717) is 12.8 Å². The third kappa shape index (κ3) is 35.7. The molecule has 0 fully saturated rings. The molecule has 0 heterocycles. The van der Waals surface area contributed by atoms with Crippen molar-refractivity contribution in [1.29, 1.82) is 0 Å². The highest BCUT2D eigenvalue weighted by Gasteiger charge is 2.16. The molecule has 0 saturated carbocycles. The monoisotopic (exact) mass is 653 g/mol. The lowest BCUT2D eigenvalue weighted by Crippen LogP contribution is -2.28. The van der Waals surface area contributed by atoms with E-state index in [1.165, 1.54) is 173 Å². The third-order valence-corrected chi connectivity index (χ3v) is 9.40. The molecule has 0 aliphatic carbocycles. The number of carbonyl (C=O) groups is 2.